The first-order valence-corrected chi connectivity index (χ1v) is 6.38. The fourth-order valence-electron chi connectivity index (χ4n) is 1.66. The zero-order valence-electron chi connectivity index (χ0n) is 12.1. The van der Waals surface area contributed by atoms with E-state index in [0.29, 0.717) is 6.42 Å². The standard InChI is InChI=1S/C15H23NO2.ClH/c1-5-13(16)12-8-6-11(7-9-12)10-14(17)18-15(2,3)4;/h6-9,13H,5,10,16H2,1-4H3;1H. The second-order valence-corrected chi connectivity index (χ2v) is 5.52. The van der Waals surface area contributed by atoms with Gasteiger partial charge in [0.2, 0.25) is 0 Å². The minimum Gasteiger partial charge on any atom is -0.460 e. The first-order valence-electron chi connectivity index (χ1n) is 6.38. The quantitative estimate of drug-likeness (QED) is 0.863. The van der Waals surface area contributed by atoms with Crippen LogP contribution in [0.5, 0.6) is 0 Å². The molecule has 0 aliphatic carbocycles. The topological polar surface area (TPSA) is 52.3 Å². The summed E-state index contributed by atoms with van der Waals surface area (Å²) in [7, 11) is 0. The van der Waals surface area contributed by atoms with E-state index in [1.54, 1.807) is 0 Å². The maximum absolute atomic E-state index is 11.7. The van der Waals surface area contributed by atoms with Gasteiger partial charge in [-0.2, -0.15) is 0 Å². The molecule has 4 heteroatoms. The molecule has 1 aromatic rings. The third kappa shape index (κ3) is 6.60. The lowest BCUT2D eigenvalue weighted by Crippen LogP contribution is -2.24. The van der Waals surface area contributed by atoms with Crippen molar-refractivity contribution in [1.82, 2.24) is 0 Å². The van der Waals surface area contributed by atoms with Gasteiger partial charge in [-0.3, -0.25) is 4.79 Å². The summed E-state index contributed by atoms with van der Waals surface area (Å²) in [6, 6.07) is 7.91. The van der Waals surface area contributed by atoms with Crippen LogP contribution in [-0.2, 0) is 16.0 Å². The smallest absolute Gasteiger partial charge is 0.310 e. The highest BCUT2D eigenvalue weighted by Crippen LogP contribution is 2.15. The van der Waals surface area contributed by atoms with Crippen molar-refractivity contribution in [2.75, 3.05) is 0 Å². The summed E-state index contributed by atoms with van der Waals surface area (Å²) < 4.78 is 5.28. The Kier molecular flexibility index (Phi) is 7.09. The van der Waals surface area contributed by atoms with Crippen molar-refractivity contribution in [3.8, 4) is 0 Å². The lowest BCUT2D eigenvalue weighted by atomic mass is 10.0. The summed E-state index contributed by atoms with van der Waals surface area (Å²) in [6.45, 7) is 7.66. The Hall–Kier alpha value is -1.06. The summed E-state index contributed by atoms with van der Waals surface area (Å²) in [4.78, 5) is 11.7. The van der Waals surface area contributed by atoms with Crippen LogP contribution in [0.25, 0.3) is 0 Å². The number of halogens is 1. The zero-order valence-corrected chi connectivity index (χ0v) is 12.9. The van der Waals surface area contributed by atoms with E-state index in [4.69, 9.17) is 10.5 Å². The average Bonchev–Trinajstić information content (AvgIpc) is 2.26. The molecule has 0 amide bonds. The number of hydrogen-bond acceptors (Lipinski definition) is 3. The van der Waals surface area contributed by atoms with Crippen LogP contribution >= 0.6 is 12.4 Å². The number of benzene rings is 1. The molecule has 0 saturated heterocycles. The van der Waals surface area contributed by atoms with Crippen LogP contribution in [0.4, 0.5) is 0 Å². The molecule has 1 rings (SSSR count). The molecule has 108 valence electrons. The highest BCUT2D eigenvalue weighted by molar-refractivity contribution is 5.85. The van der Waals surface area contributed by atoms with Gasteiger partial charge in [-0.15, -0.1) is 12.4 Å². The van der Waals surface area contributed by atoms with Gasteiger partial charge >= 0.3 is 5.97 Å². The predicted octanol–water partition coefficient (Wildman–Crippen LogP) is 3.40. The molecule has 0 bridgehead atoms. The second kappa shape index (κ2) is 7.51. The Bertz CT molecular complexity index is 396. The number of nitrogens with two attached hydrogens (primary N) is 1. The fourth-order valence-corrected chi connectivity index (χ4v) is 1.66. The number of carbonyl (C=O) groups excluding carboxylic acids is 1. The monoisotopic (exact) mass is 285 g/mol. The lowest BCUT2D eigenvalue weighted by Gasteiger charge is -2.19. The summed E-state index contributed by atoms with van der Waals surface area (Å²) >= 11 is 0. The first-order chi connectivity index (χ1) is 8.31. The van der Waals surface area contributed by atoms with Crippen molar-refractivity contribution in [2.24, 2.45) is 5.73 Å². The van der Waals surface area contributed by atoms with E-state index in [1.165, 1.54) is 0 Å². The van der Waals surface area contributed by atoms with Crippen molar-refractivity contribution >= 4 is 18.4 Å². The molecule has 0 fully saturated rings. The summed E-state index contributed by atoms with van der Waals surface area (Å²) in [5.74, 6) is -0.199. The Morgan fingerprint density at radius 3 is 2.21 bits per heavy atom. The number of esters is 1. The Balaban J connectivity index is 0.00000324. The SMILES string of the molecule is CCC(N)c1ccc(CC(=O)OC(C)(C)C)cc1.Cl. The Morgan fingerprint density at radius 2 is 1.79 bits per heavy atom. The third-order valence-electron chi connectivity index (χ3n) is 2.62. The number of carbonyl (C=O) groups is 1. The molecule has 0 aromatic heterocycles. The normalized spacial score (nSPS) is 12.5. The number of ether oxygens (including phenoxy) is 1. The summed E-state index contributed by atoms with van der Waals surface area (Å²) in [5, 5.41) is 0. The maximum Gasteiger partial charge on any atom is 0.310 e. The van der Waals surface area contributed by atoms with Gasteiger partial charge in [0.1, 0.15) is 5.60 Å². The lowest BCUT2D eigenvalue weighted by molar-refractivity contribution is -0.153. The number of hydrogen-bond donors (Lipinski definition) is 1. The molecule has 0 radical (unpaired) electrons. The molecule has 0 aliphatic heterocycles. The van der Waals surface area contributed by atoms with E-state index >= 15 is 0 Å². The van der Waals surface area contributed by atoms with Gasteiger partial charge in [0.25, 0.3) is 0 Å². The van der Waals surface area contributed by atoms with Crippen molar-refractivity contribution in [2.45, 2.75) is 52.2 Å². The highest BCUT2D eigenvalue weighted by Gasteiger charge is 2.16. The maximum atomic E-state index is 11.7. The molecule has 0 heterocycles. The van der Waals surface area contributed by atoms with Gasteiger partial charge < -0.3 is 10.5 Å². The van der Waals surface area contributed by atoms with Crippen LogP contribution in [0.2, 0.25) is 0 Å². The molecule has 0 spiro atoms. The largest absolute Gasteiger partial charge is 0.460 e. The van der Waals surface area contributed by atoms with E-state index in [9.17, 15) is 4.79 Å². The van der Waals surface area contributed by atoms with Crippen molar-refractivity contribution in [1.29, 1.82) is 0 Å². The molecule has 3 nitrogen and oxygen atoms in total. The van der Waals surface area contributed by atoms with E-state index in [0.717, 1.165) is 17.5 Å². The molecule has 0 aliphatic rings. The van der Waals surface area contributed by atoms with Crippen LogP contribution in [0, 0.1) is 0 Å². The number of rotatable bonds is 4. The Morgan fingerprint density at radius 1 is 1.26 bits per heavy atom. The predicted molar refractivity (Wildman–Crippen MR) is 80.5 cm³/mol. The van der Waals surface area contributed by atoms with E-state index in [2.05, 4.69) is 6.92 Å². The van der Waals surface area contributed by atoms with Gasteiger partial charge in [0.05, 0.1) is 6.42 Å². The minimum atomic E-state index is -0.429. The molecule has 0 saturated carbocycles. The summed E-state index contributed by atoms with van der Waals surface area (Å²) in [6.07, 6.45) is 1.21. The minimum absolute atomic E-state index is 0. The van der Waals surface area contributed by atoms with E-state index in [-0.39, 0.29) is 24.4 Å². The molecular formula is C15H24ClNO2. The van der Waals surface area contributed by atoms with Crippen LogP contribution in [0.15, 0.2) is 24.3 Å². The van der Waals surface area contributed by atoms with Crippen LogP contribution in [0.1, 0.15) is 51.3 Å². The van der Waals surface area contributed by atoms with Gasteiger partial charge in [-0.1, -0.05) is 31.2 Å². The second-order valence-electron chi connectivity index (χ2n) is 5.52. The highest BCUT2D eigenvalue weighted by atomic mass is 35.5. The molecule has 1 unspecified atom stereocenters. The van der Waals surface area contributed by atoms with Crippen molar-refractivity contribution in [3.05, 3.63) is 35.4 Å². The van der Waals surface area contributed by atoms with Crippen molar-refractivity contribution in [3.63, 3.8) is 0 Å². The van der Waals surface area contributed by atoms with Crippen LogP contribution in [0.3, 0.4) is 0 Å². The Labute approximate surface area is 121 Å². The van der Waals surface area contributed by atoms with Gasteiger partial charge in [-0.05, 0) is 38.3 Å². The van der Waals surface area contributed by atoms with Gasteiger partial charge in [0, 0.05) is 6.04 Å². The summed E-state index contributed by atoms with van der Waals surface area (Å²) in [5.41, 5.74) is 7.57. The van der Waals surface area contributed by atoms with Gasteiger partial charge in [-0.25, -0.2) is 0 Å². The zero-order chi connectivity index (χ0) is 13.8. The average molecular weight is 286 g/mol. The molecule has 1 aromatic carbocycles. The van der Waals surface area contributed by atoms with Crippen LogP contribution < -0.4 is 5.73 Å². The van der Waals surface area contributed by atoms with E-state index < -0.39 is 5.60 Å². The van der Waals surface area contributed by atoms with E-state index in [1.807, 2.05) is 45.0 Å². The molecule has 19 heavy (non-hydrogen) atoms. The van der Waals surface area contributed by atoms with Gasteiger partial charge in [0.15, 0.2) is 0 Å². The fraction of sp³-hybridized carbons (Fsp3) is 0.533. The molecule has 2 N–H and O–H groups in total. The first kappa shape index (κ1) is 17.9. The van der Waals surface area contributed by atoms with Crippen molar-refractivity contribution < 1.29 is 9.53 Å². The molecule has 1 atom stereocenters. The third-order valence-corrected chi connectivity index (χ3v) is 2.62. The molecular weight excluding hydrogens is 262 g/mol. The van der Waals surface area contributed by atoms with Crippen LogP contribution in [-0.4, -0.2) is 11.6 Å².